The molecule has 122 valence electrons. The molecule has 2 N–H and O–H groups in total. The quantitative estimate of drug-likeness (QED) is 0.695. The van der Waals surface area contributed by atoms with Gasteiger partial charge in [-0.1, -0.05) is 15.9 Å². The van der Waals surface area contributed by atoms with Crippen molar-refractivity contribution in [2.75, 3.05) is 10.6 Å². The molecule has 0 aliphatic carbocycles. The third-order valence-electron chi connectivity index (χ3n) is 3.29. The fraction of sp³-hybridized carbons (Fsp3) is 0. The minimum Gasteiger partial charge on any atom is -0.340 e. The van der Waals surface area contributed by atoms with Crippen LogP contribution in [0.5, 0.6) is 0 Å². The summed E-state index contributed by atoms with van der Waals surface area (Å²) in [6, 6.07) is 17.8. The number of aromatic nitrogens is 2. The first-order chi connectivity index (χ1) is 12.1. The van der Waals surface area contributed by atoms with Gasteiger partial charge in [0.2, 0.25) is 0 Å². The van der Waals surface area contributed by atoms with Crippen molar-refractivity contribution in [3.05, 3.63) is 76.7 Å². The summed E-state index contributed by atoms with van der Waals surface area (Å²) in [5.74, 6) is 0.160. The van der Waals surface area contributed by atoms with E-state index in [-0.39, 0.29) is 11.6 Å². The zero-order valence-corrected chi connectivity index (χ0v) is 14.5. The van der Waals surface area contributed by atoms with Gasteiger partial charge in [-0.25, -0.2) is 9.97 Å². The van der Waals surface area contributed by atoms with Crippen LogP contribution in [-0.2, 0) is 0 Å². The molecule has 25 heavy (non-hydrogen) atoms. The summed E-state index contributed by atoms with van der Waals surface area (Å²) in [5, 5.41) is 14.7. The van der Waals surface area contributed by atoms with Crippen molar-refractivity contribution in [1.82, 2.24) is 9.97 Å². The number of hydrogen-bond donors (Lipinski definition) is 2. The van der Waals surface area contributed by atoms with E-state index in [0.717, 1.165) is 10.2 Å². The molecule has 0 saturated carbocycles. The fourth-order valence-corrected chi connectivity index (χ4v) is 2.32. The highest BCUT2D eigenvalue weighted by atomic mass is 79.9. The molecule has 6 nitrogen and oxygen atoms in total. The lowest BCUT2D eigenvalue weighted by Gasteiger charge is -2.08. The summed E-state index contributed by atoms with van der Waals surface area (Å²) >= 11 is 3.35. The van der Waals surface area contributed by atoms with E-state index in [4.69, 9.17) is 5.26 Å². The molecule has 0 atom stereocenters. The van der Waals surface area contributed by atoms with E-state index in [9.17, 15) is 4.79 Å². The van der Waals surface area contributed by atoms with Gasteiger partial charge in [-0.2, -0.15) is 5.26 Å². The van der Waals surface area contributed by atoms with Gasteiger partial charge in [0.1, 0.15) is 17.8 Å². The number of rotatable bonds is 4. The Balaban J connectivity index is 1.72. The summed E-state index contributed by atoms with van der Waals surface area (Å²) in [6.45, 7) is 0. The van der Waals surface area contributed by atoms with Crippen LogP contribution in [0.3, 0.4) is 0 Å². The van der Waals surface area contributed by atoms with Crippen molar-refractivity contribution in [3.63, 3.8) is 0 Å². The maximum absolute atomic E-state index is 12.3. The Kier molecular flexibility index (Phi) is 5.02. The van der Waals surface area contributed by atoms with Crippen molar-refractivity contribution < 1.29 is 4.79 Å². The first kappa shape index (κ1) is 16.6. The summed E-state index contributed by atoms with van der Waals surface area (Å²) < 4.78 is 0.932. The van der Waals surface area contributed by atoms with Gasteiger partial charge in [0.15, 0.2) is 0 Å². The molecule has 1 amide bonds. The zero-order chi connectivity index (χ0) is 17.6. The van der Waals surface area contributed by atoms with Gasteiger partial charge in [-0.15, -0.1) is 0 Å². The number of halogens is 1. The second-order valence-corrected chi connectivity index (χ2v) is 5.98. The molecule has 2 aromatic carbocycles. The molecule has 0 spiro atoms. The Labute approximate surface area is 152 Å². The van der Waals surface area contributed by atoms with E-state index < -0.39 is 0 Å². The van der Waals surface area contributed by atoms with Gasteiger partial charge in [-0.3, -0.25) is 4.79 Å². The molecule has 0 saturated heterocycles. The molecule has 1 heterocycles. The number of benzene rings is 2. The molecular weight excluding hydrogens is 382 g/mol. The number of anilines is 3. The number of hydrogen-bond acceptors (Lipinski definition) is 5. The highest BCUT2D eigenvalue weighted by Crippen LogP contribution is 2.17. The van der Waals surface area contributed by atoms with E-state index in [1.54, 1.807) is 42.5 Å². The monoisotopic (exact) mass is 393 g/mol. The highest BCUT2D eigenvalue weighted by Gasteiger charge is 2.09. The number of nitrogens with zero attached hydrogens (tertiary/aromatic N) is 3. The Morgan fingerprint density at radius 1 is 1.00 bits per heavy atom. The summed E-state index contributed by atoms with van der Waals surface area (Å²) in [5.41, 5.74) is 2.25. The fourth-order valence-electron chi connectivity index (χ4n) is 2.05. The number of nitrogens with one attached hydrogen (secondary N) is 2. The number of carbonyl (C=O) groups excluding carboxylic acids is 1. The van der Waals surface area contributed by atoms with Crippen LogP contribution >= 0.6 is 15.9 Å². The number of carbonyl (C=O) groups is 1. The van der Waals surface area contributed by atoms with Crippen LogP contribution in [0.4, 0.5) is 17.2 Å². The van der Waals surface area contributed by atoms with Gasteiger partial charge in [-0.05, 0) is 48.5 Å². The zero-order valence-electron chi connectivity index (χ0n) is 12.9. The number of nitriles is 1. The average Bonchev–Trinajstić information content (AvgIpc) is 2.64. The normalized spacial score (nSPS) is 9.92. The van der Waals surface area contributed by atoms with Gasteiger partial charge >= 0.3 is 0 Å². The van der Waals surface area contributed by atoms with E-state index in [1.807, 2.05) is 12.1 Å². The van der Waals surface area contributed by atoms with Gasteiger partial charge in [0, 0.05) is 21.9 Å². The third-order valence-corrected chi connectivity index (χ3v) is 3.82. The van der Waals surface area contributed by atoms with Gasteiger partial charge in [0.25, 0.3) is 5.91 Å². The molecule has 0 fully saturated rings. The summed E-state index contributed by atoms with van der Waals surface area (Å²) in [7, 11) is 0. The van der Waals surface area contributed by atoms with Crippen molar-refractivity contribution in [2.24, 2.45) is 0 Å². The molecule has 1 aromatic heterocycles. The average molecular weight is 394 g/mol. The predicted molar refractivity (Wildman–Crippen MR) is 98.6 cm³/mol. The summed E-state index contributed by atoms with van der Waals surface area (Å²) in [4.78, 5) is 20.4. The molecule has 3 aromatic rings. The Morgan fingerprint density at radius 2 is 1.68 bits per heavy atom. The van der Waals surface area contributed by atoms with Crippen molar-refractivity contribution in [3.8, 4) is 6.07 Å². The van der Waals surface area contributed by atoms with E-state index in [0.29, 0.717) is 17.1 Å². The van der Waals surface area contributed by atoms with Crippen LogP contribution < -0.4 is 10.6 Å². The Hall–Kier alpha value is -3.24. The third kappa shape index (κ3) is 4.40. The molecule has 0 radical (unpaired) electrons. The van der Waals surface area contributed by atoms with Crippen molar-refractivity contribution in [2.45, 2.75) is 0 Å². The Bertz CT molecular complexity index is 933. The molecule has 7 heteroatoms. The minimum atomic E-state index is -0.326. The van der Waals surface area contributed by atoms with E-state index in [1.165, 1.54) is 6.33 Å². The van der Waals surface area contributed by atoms with Crippen LogP contribution in [0.2, 0.25) is 0 Å². The maximum Gasteiger partial charge on any atom is 0.274 e. The van der Waals surface area contributed by atoms with Crippen molar-refractivity contribution in [1.29, 1.82) is 5.26 Å². The maximum atomic E-state index is 12.3. The van der Waals surface area contributed by atoms with Gasteiger partial charge < -0.3 is 10.6 Å². The second kappa shape index (κ2) is 7.55. The highest BCUT2D eigenvalue weighted by molar-refractivity contribution is 9.10. The van der Waals surface area contributed by atoms with Gasteiger partial charge in [0.05, 0.1) is 11.6 Å². The lowest BCUT2D eigenvalue weighted by Crippen LogP contribution is -2.14. The standard InChI is InChI=1S/C18H12BrN5O/c19-13-3-7-15(8-4-13)24-18(25)16-9-17(22-11-21-16)23-14-5-1-12(10-20)2-6-14/h1-9,11H,(H,24,25)(H,21,22,23). The lowest BCUT2D eigenvalue weighted by atomic mass is 10.2. The molecule has 0 aliphatic rings. The minimum absolute atomic E-state index is 0.245. The van der Waals surface area contributed by atoms with Crippen LogP contribution in [0.1, 0.15) is 16.1 Å². The first-order valence-corrected chi connectivity index (χ1v) is 8.09. The SMILES string of the molecule is N#Cc1ccc(Nc2cc(C(=O)Nc3ccc(Br)cc3)ncn2)cc1. The van der Waals surface area contributed by atoms with Crippen LogP contribution in [0.25, 0.3) is 0 Å². The topological polar surface area (TPSA) is 90.7 Å². The molecule has 3 rings (SSSR count). The lowest BCUT2D eigenvalue weighted by molar-refractivity contribution is 0.102. The summed E-state index contributed by atoms with van der Waals surface area (Å²) in [6.07, 6.45) is 1.32. The molecule has 0 bridgehead atoms. The molecule has 0 unspecified atom stereocenters. The van der Waals surface area contributed by atoms with E-state index in [2.05, 4.69) is 42.6 Å². The van der Waals surface area contributed by atoms with Crippen LogP contribution in [0.15, 0.2) is 65.4 Å². The predicted octanol–water partition coefficient (Wildman–Crippen LogP) is 4.11. The van der Waals surface area contributed by atoms with E-state index >= 15 is 0 Å². The second-order valence-electron chi connectivity index (χ2n) is 5.06. The smallest absolute Gasteiger partial charge is 0.274 e. The number of amides is 1. The van der Waals surface area contributed by atoms with Crippen molar-refractivity contribution >= 4 is 39.0 Å². The Morgan fingerprint density at radius 3 is 2.36 bits per heavy atom. The first-order valence-electron chi connectivity index (χ1n) is 7.30. The molecule has 0 aliphatic heterocycles. The van der Waals surface area contributed by atoms with Crippen LogP contribution in [0, 0.1) is 11.3 Å². The largest absolute Gasteiger partial charge is 0.340 e. The van der Waals surface area contributed by atoms with Crippen LogP contribution in [-0.4, -0.2) is 15.9 Å². The molecular formula is C18H12BrN5O.